The second-order valence-corrected chi connectivity index (χ2v) is 12.0. The zero-order chi connectivity index (χ0) is 28.6. The first-order valence-electron chi connectivity index (χ1n) is 13.9. The van der Waals surface area contributed by atoms with Crippen molar-refractivity contribution in [2.24, 2.45) is 0 Å². The number of carbonyl (C=O) groups excluding carboxylic acids is 1. The number of amides is 1. The molecule has 0 saturated carbocycles. The zero-order valence-electron chi connectivity index (χ0n) is 23.0. The number of ether oxygens (including phenoxy) is 1. The van der Waals surface area contributed by atoms with E-state index in [0.717, 1.165) is 46.7 Å². The van der Waals surface area contributed by atoms with Gasteiger partial charge in [0.05, 0.1) is 16.3 Å². The smallest absolute Gasteiger partial charge is 0.266 e. The summed E-state index contributed by atoms with van der Waals surface area (Å²) in [7, 11) is 0. The minimum absolute atomic E-state index is 0.0279. The van der Waals surface area contributed by atoms with E-state index in [1.807, 2.05) is 95.8 Å². The molecular weight excluding hydrogens is 570 g/mol. The van der Waals surface area contributed by atoms with Crippen molar-refractivity contribution in [2.45, 2.75) is 45.6 Å². The van der Waals surface area contributed by atoms with Crippen LogP contribution in [0.1, 0.15) is 50.2 Å². The topological polar surface area (TPSA) is 47.4 Å². The van der Waals surface area contributed by atoms with E-state index in [2.05, 4.69) is 6.92 Å². The highest BCUT2D eigenvalue weighted by Gasteiger charge is 2.32. The number of aromatic nitrogens is 2. The first kappa shape index (κ1) is 29.1. The summed E-state index contributed by atoms with van der Waals surface area (Å²) >= 11 is 12.9. The van der Waals surface area contributed by atoms with Gasteiger partial charge in [-0.3, -0.25) is 9.69 Å². The summed E-state index contributed by atoms with van der Waals surface area (Å²) in [6.07, 6.45) is 9.56. The van der Waals surface area contributed by atoms with Crippen LogP contribution in [0.4, 0.5) is 0 Å². The van der Waals surface area contributed by atoms with E-state index in [4.69, 9.17) is 33.7 Å². The van der Waals surface area contributed by atoms with E-state index in [1.165, 1.54) is 31.0 Å². The van der Waals surface area contributed by atoms with Gasteiger partial charge in [0.2, 0.25) is 0 Å². The molecule has 0 spiro atoms. The first-order chi connectivity index (χ1) is 20.0. The highest BCUT2D eigenvalue weighted by atomic mass is 35.5. The molecule has 0 aliphatic carbocycles. The minimum atomic E-state index is -0.0279. The van der Waals surface area contributed by atoms with Gasteiger partial charge in [-0.1, -0.05) is 98.5 Å². The molecule has 0 atom stereocenters. The molecule has 210 valence electrons. The van der Waals surface area contributed by atoms with Crippen molar-refractivity contribution in [3.05, 3.63) is 106 Å². The van der Waals surface area contributed by atoms with Gasteiger partial charge in [-0.2, -0.15) is 5.10 Å². The van der Waals surface area contributed by atoms with E-state index < -0.39 is 0 Å². The Hall–Kier alpha value is -3.39. The predicted octanol–water partition coefficient (Wildman–Crippen LogP) is 8.94. The normalized spacial score (nSPS) is 14.3. The second-order valence-electron chi connectivity index (χ2n) is 9.90. The lowest BCUT2D eigenvalue weighted by atomic mass is 10.1. The molecule has 1 fully saturated rings. The maximum absolute atomic E-state index is 13.3. The van der Waals surface area contributed by atoms with E-state index in [0.29, 0.717) is 27.4 Å². The van der Waals surface area contributed by atoms with Crippen LogP contribution in [-0.2, 0) is 11.4 Å². The van der Waals surface area contributed by atoms with Crippen molar-refractivity contribution in [3.63, 3.8) is 0 Å². The third-order valence-corrected chi connectivity index (χ3v) is 8.49. The first-order valence-corrected chi connectivity index (χ1v) is 15.5. The molecule has 1 aliphatic rings. The van der Waals surface area contributed by atoms with Gasteiger partial charge in [0.15, 0.2) is 0 Å². The summed E-state index contributed by atoms with van der Waals surface area (Å²) in [4.78, 5) is 15.7. The third-order valence-electron chi connectivity index (χ3n) is 6.86. The zero-order valence-corrected chi connectivity index (χ0v) is 25.4. The number of para-hydroxylation sites is 1. The molecule has 0 N–H and O–H groups in total. The molecule has 5 nitrogen and oxygen atoms in total. The molecule has 4 aromatic rings. The molecule has 1 amide bonds. The lowest BCUT2D eigenvalue weighted by molar-refractivity contribution is -0.122. The van der Waals surface area contributed by atoms with Crippen LogP contribution >= 0.6 is 35.6 Å². The van der Waals surface area contributed by atoms with Gasteiger partial charge < -0.3 is 4.74 Å². The molecule has 8 heteroatoms. The molecule has 0 bridgehead atoms. The number of benzene rings is 3. The summed E-state index contributed by atoms with van der Waals surface area (Å²) in [6.45, 7) is 3.32. The van der Waals surface area contributed by atoms with Crippen molar-refractivity contribution in [3.8, 4) is 22.7 Å². The molecule has 41 heavy (non-hydrogen) atoms. The molecule has 3 aromatic carbocycles. The SMILES string of the molecule is CCCCCCCN1C(=O)/C(=C/c2cn(-c3ccccc3)nc2-c2ccc(OCc3ccc(Cl)cc3)cc2)SC1=S. The number of rotatable bonds is 12. The quantitative estimate of drug-likeness (QED) is 0.0921. The lowest BCUT2D eigenvalue weighted by Crippen LogP contribution is -2.29. The summed E-state index contributed by atoms with van der Waals surface area (Å²) in [5, 5.41) is 5.62. The van der Waals surface area contributed by atoms with Crippen molar-refractivity contribution in [1.29, 1.82) is 0 Å². The summed E-state index contributed by atoms with van der Waals surface area (Å²) in [6, 6.07) is 25.4. The Labute approximate surface area is 256 Å². The molecule has 0 radical (unpaired) electrons. The van der Waals surface area contributed by atoms with Crippen molar-refractivity contribution < 1.29 is 9.53 Å². The number of hydrogen-bond acceptors (Lipinski definition) is 5. The Bertz CT molecular complexity index is 1520. The fraction of sp³-hybridized carbons (Fsp3) is 0.242. The van der Waals surface area contributed by atoms with Crippen LogP contribution < -0.4 is 4.74 Å². The maximum Gasteiger partial charge on any atom is 0.266 e. The van der Waals surface area contributed by atoms with E-state index in [1.54, 1.807) is 4.90 Å². The van der Waals surface area contributed by atoms with E-state index in [-0.39, 0.29) is 5.91 Å². The fourth-order valence-electron chi connectivity index (χ4n) is 4.59. The van der Waals surface area contributed by atoms with Gasteiger partial charge in [0, 0.05) is 28.9 Å². The third kappa shape index (κ3) is 7.47. The van der Waals surface area contributed by atoms with Crippen LogP contribution in [0.25, 0.3) is 23.0 Å². The minimum Gasteiger partial charge on any atom is -0.489 e. The average molecular weight is 602 g/mol. The number of thioether (sulfide) groups is 1. The Kier molecular flexibility index (Phi) is 9.93. The van der Waals surface area contributed by atoms with Crippen LogP contribution in [0, 0.1) is 0 Å². The molecule has 2 heterocycles. The number of nitrogens with zero attached hydrogens (tertiary/aromatic N) is 3. The number of hydrogen-bond donors (Lipinski definition) is 0. The largest absolute Gasteiger partial charge is 0.489 e. The van der Waals surface area contributed by atoms with Gasteiger partial charge in [0.25, 0.3) is 5.91 Å². The summed E-state index contributed by atoms with van der Waals surface area (Å²) < 4.78 is 8.45. The van der Waals surface area contributed by atoms with E-state index >= 15 is 0 Å². The van der Waals surface area contributed by atoms with Crippen molar-refractivity contribution in [1.82, 2.24) is 14.7 Å². The number of unbranched alkanes of at least 4 members (excludes halogenated alkanes) is 4. The fourth-order valence-corrected chi connectivity index (χ4v) is 6.02. The second kappa shape index (κ2) is 14.0. The monoisotopic (exact) mass is 601 g/mol. The summed E-state index contributed by atoms with van der Waals surface area (Å²) in [5.74, 6) is 0.729. The van der Waals surface area contributed by atoms with Gasteiger partial charge in [-0.25, -0.2) is 4.68 Å². The molecule has 1 aromatic heterocycles. The Morgan fingerprint density at radius 1 is 0.951 bits per heavy atom. The highest BCUT2D eigenvalue weighted by Crippen LogP contribution is 2.35. The molecule has 1 saturated heterocycles. The van der Waals surface area contributed by atoms with Crippen LogP contribution in [-0.4, -0.2) is 31.5 Å². The number of halogens is 1. The molecule has 0 unspecified atom stereocenters. The van der Waals surface area contributed by atoms with Gasteiger partial charge >= 0.3 is 0 Å². The van der Waals surface area contributed by atoms with Gasteiger partial charge in [-0.05, 0) is 66.6 Å². The lowest BCUT2D eigenvalue weighted by Gasteiger charge is -2.13. The van der Waals surface area contributed by atoms with Crippen LogP contribution in [0.2, 0.25) is 5.02 Å². The van der Waals surface area contributed by atoms with Crippen LogP contribution in [0.15, 0.2) is 90.0 Å². The van der Waals surface area contributed by atoms with Gasteiger partial charge in [0.1, 0.15) is 16.7 Å². The standard InChI is InChI=1S/C33H32ClN3O2S2/c1-2-3-4-5-9-20-36-32(38)30(41-33(36)40)21-26-22-37(28-10-7-6-8-11-28)35-31(26)25-14-18-29(19-15-25)39-23-24-12-16-27(34)17-13-24/h6-8,10-19,21-22H,2-5,9,20,23H2,1H3/b30-21-. The van der Waals surface area contributed by atoms with Crippen LogP contribution in [0.5, 0.6) is 5.75 Å². The maximum atomic E-state index is 13.3. The molecular formula is C33H32ClN3O2S2. The van der Waals surface area contributed by atoms with Crippen LogP contribution in [0.3, 0.4) is 0 Å². The van der Waals surface area contributed by atoms with Crippen molar-refractivity contribution >= 4 is 51.9 Å². The summed E-state index contributed by atoms with van der Waals surface area (Å²) in [5.41, 5.74) is 4.54. The molecule has 5 rings (SSSR count). The van der Waals surface area contributed by atoms with Crippen molar-refractivity contribution in [2.75, 3.05) is 6.54 Å². The molecule has 1 aliphatic heterocycles. The van der Waals surface area contributed by atoms with Gasteiger partial charge in [-0.15, -0.1) is 0 Å². The number of carbonyl (C=O) groups is 1. The Morgan fingerprint density at radius 2 is 1.68 bits per heavy atom. The van der Waals surface area contributed by atoms with E-state index in [9.17, 15) is 4.79 Å². The number of thiocarbonyl (C=S) groups is 1. The average Bonchev–Trinajstić information content (AvgIpc) is 3.53. The predicted molar refractivity (Wildman–Crippen MR) is 173 cm³/mol. The Balaban J connectivity index is 1.37. The Morgan fingerprint density at radius 3 is 2.41 bits per heavy atom. The highest BCUT2D eigenvalue weighted by molar-refractivity contribution is 8.26.